The van der Waals surface area contributed by atoms with E-state index >= 15 is 0 Å². The molecule has 114 valence electrons. The molecule has 0 atom stereocenters. The number of aromatic nitrogens is 2. The van der Waals surface area contributed by atoms with E-state index in [0.29, 0.717) is 11.5 Å². The van der Waals surface area contributed by atoms with Gasteiger partial charge in [0.2, 0.25) is 5.95 Å². The van der Waals surface area contributed by atoms with Crippen LogP contribution in [-0.4, -0.2) is 22.6 Å². The molecule has 0 saturated heterocycles. The summed E-state index contributed by atoms with van der Waals surface area (Å²) in [5.74, 6) is 1.72. The number of hydrogen-bond acceptors (Lipinski definition) is 5. The summed E-state index contributed by atoms with van der Waals surface area (Å²) in [5.41, 5.74) is 0.497. The summed E-state index contributed by atoms with van der Waals surface area (Å²) in [4.78, 5) is 10.3. The molecule has 0 aliphatic heterocycles. The molecule has 1 saturated carbocycles. The van der Waals surface area contributed by atoms with Crippen molar-refractivity contribution in [3.63, 3.8) is 0 Å². The van der Waals surface area contributed by atoms with Gasteiger partial charge in [-0.25, -0.2) is 4.98 Å². The van der Waals surface area contributed by atoms with E-state index in [1.54, 1.807) is 11.3 Å². The molecule has 5 heteroatoms. The average molecular weight is 304 g/mol. The Morgan fingerprint density at radius 2 is 2.05 bits per heavy atom. The lowest BCUT2D eigenvalue weighted by molar-refractivity contribution is 0.232. The van der Waals surface area contributed by atoms with Crippen molar-refractivity contribution in [2.75, 3.05) is 17.2 Å². The van der Waals surface area contributed by atoms with Gasteiger partial charge in [0, 0.05) is 12.6 Å². The molecule has 4 nitrogen and oxygen atoms in total. The van der Waals surface area contributed by atoms with Crippen LogP contribution in [0.4, 0.5) is 11.8 Å². The van der Waals surface area contributed by atoms with Crippen LogP contribution in [0.1, 0.15) is 46.5 Å². The largest absolute Gasteiger partial charge is 0.367 e. The van der Waals surface area contributed by atoms with Gasteiger partial charge in [0.05, 0.1) is 5.39 Å². The SMILES string of the molecule is CCNc1nc(NC2CCC(C)(C)CC2)c2ccsc2n1. The number of hydrogen-bond donors (Lipinski definition) is 2. The van der Waals surface area contributed by atoms with E-state index in [0.717, 1.165) is 28.5 Å². The summed E-state index contributed by atoms with van der Waals surface area (Å²) >= 11 is 1.67. The van der Waals surface area contributed by atoms with Crippen LogP contribution in [0.25, 0.3) is 10.2 Å². The Hall–Kier alpha value is -1.36. The summed E-state index contributed by atoms with van der Waals surface area (Å²) < 4.78 is 0. The predicted octanol–water partition coefficient (Wildman–Crippen LogP) is 4.50. The smallest absolute Gasteiger partial charge is 0.226 e. The fraction of sp³-hybridized carbons (Fsp3) is 0.625. The maximum atomic E-state index is 4.67. The first-order chi connectivity index (χ1) is 10.1. The van der Waals surface area contributed by atoms with Crippen LogP contribution in [0.5, 0.6) is 0 Å². The monoisotopic (exact) mass is 304 g/mol. The van der Waals surface area contributed by atoms with Gasteiger partial charge in [0.15, 0.2) is 0 Å². The predicted molar refractivity (Wildman–Crippen MR) is 91.2 cm³/mol. The van der Waals surface area contributed by atoms with Crippen LogP contribution in [0, 0.1) is 5.41 Å². The molecule has 3 rings (SSSR count). The van der Waals surface area contributed by atoms with E-state index in [4.69, 9.17) is 0 Å². The van der Waals surface area contributed by atoms with Gasteiger partial charge < -0.3 is 10.6 Å². The molecule has 21 heavy (non-hydrogen) atoms. The third-order valence-corrected chi connectivity index (χ3v) is 5.15. The van der Waals surface area contributed by atoms with Gasteiger partial charge in [-0.2, -0.15) is 4.98 Å². The highest BCUT2D eigenvalue weighted by Gasteiger charge is 2.27. The zero-order valence-corrected chi connectivity index (χ0v) is 13.9. The van der Waals surface area contributed by atoms with Crippen LogP contribution >= 0.6 is 11.3 Å². The van der Waals surface area contributed by atoms with Crippen molar-refractivity contribution in [3.05, 3.63) is 11.4 Å². The number of fused-ring (bicyclic) bond motifs is 1. The van der Waals surface area contributed by atoms with Gasteiger partial charge >= 0.3 is 0 Å². The third-order valence-electron chi connectivity index (χ3n) is 4.34. The van der Waals surface area contributed by atoms with Crippen molar-refractivity contribution < 1.29 is 0 Å². The Bertz CT molecular complexity index is 610. The molecule has 0 radical (unpaired) electrons. The van der Waals surface area contributed by atoms with Crippen molar-refractivity contribution in [3.8, 4) is 0 Å². The van der Waals surface area contributed by atoms with E-state index in [9.17, 15) is 0 Å². The van der Waals surface area contributed by atoms with E-state index in [-0.39, 0.29) is 0 Å². The van der Waals surface area contributed by atoms with Gasteiger partial charge in [-0.1, -0.05) is 13.8 Å². The number of nitrogens with one attached hydrogen (secondary N) is 2. The summed E-state index contributed by atoms with van der Waals surface area (Å²) in [6.45, 7) is 7.65. The van der Waals surface area contributed by atoms with Crippen molar-refractivity contribution >= 4 is 33.3 Å². The molecule has 2 aromatic rings. The van der Waals surface area contributed by atoms with Crippen LogP contribution in [0.2, 0.25) is 0 Å². The Labute approximate surface area is 130 Å². The summed E-state index contributed by atoms with van der Waals surface area (Å²) in [6, 6.07) is 2.65. The second-order valence-corrected chi connectivity index (χ2v) is 7.54. The highest BCUT2D eigenvalue weighted by molar-refractivity contribution is 7.16. The minimum Gasteiger partial charge on any atom is -0.367 e. The normalized spacial score (nSPS) is 18.8. The van der Waals surface area contributed by atoms with E-state index < -0.39 is 0 Å². The summed E-state index contributed by atoms with van der Waals surface area (Å²) in [5, 5.41) is 10.1. The molecule has 2 N–H and O–H groups in total. The van der Waals surface area contributed by atoms with Gasteiger partial charge in [-0.3, -0.25) is 0 Å². The van der Waals surface area contributed by atoms with E-state index in [1.807, 2.05) is 0 Å². The van der Waals surface area contributed by atoms with Crippen molar-refractivity contribution in [1.82, 2.24) is 9.97 Å². The highest BCUT2D eigenvalue weighted by atomic mass is 32.1. The number of rotatable bonds is 4. The minimum atomic E-state index is 0.497. The second kappa shape index (κ2) is 5.79. The standard InChI is InChI=1S/C16H24N4S/c1-4-17-15-19-13(12-7-10-21-14(12)20-15)18-11-5-8-16(2,3)9-6-11/h7,10-11H,4-6,8-9H2,1-3H3,(H2,17,18,19,20). The third kappa shape index (κ3) is 3.28. The van der Waals surface area contributed by atoms with Crippen molar-refractivity contribution in [2.24, 2.45) is 5.41 Å². The molecule has 0 aromatic carbocycles. The first-order valence-corrected chi connectivity index (χ1v) is 8.71. The van der Waals surface area contributed by atoms with Crippen LogP contribution in [0.15, 0.2) is 11.4 Å². The number of nitrogens with zero attached hydrogens (tertiary/aromatic N) is 2. The molecule has 0 amide bonds. The van der Waals surface area contributed by atoms with Crippen molar-refractivity contribution in [1.29, 1.82) is 0 Å². The Kier molecular flexibility index (Phi) is 4.02. The molecule has 0 unspecified atom stereocenters. The summed E-state index contributed by atoms with van der Waals surface area (Å²) in [6.07, 6.45) is 5.00. The summed E-state index contributed by atoms with van der Waals surface area (Å²) in [7, 11) is 0. The Morgan fingerprint density at radius 1 is 1.29 bits per heavy atom. The fourth-order valence-corrected chi connectivity index (χ4v) is 3.70. The molecular weight excluding hydrogens is 280 g/mol. The van der Waals surface area contributed by atoms with Gasteiger partial charge in [0.25, 0.3) is 0 Å². The minimum absolute atomic E-state index is 0.497. The Morgan fingerprint density at radius 3 is 2.76 bits per heavy atom. The average Bonchev–Trinajstić information content (AvgIpc) is 2.90. The lowest BCUT2D eigenvalue weighted by Gasteiger charge is -2.34. The molecule has 1 aliphatic rings. The van der Waals surface area contributed by atoms with Crippen LogP contribution < -0.4 is 10.6 Å². The first kappa shape index (κ1) is 14.6. The van der Waals surface area contributed by atoms with E-state index in [2.05, 4.69) is 52.8 Å². The van der Waals surface area contributed by atoms with Gasteiger partial charge in [-0.05, 0) is 49.5 Å². The molecule has 2 heterocycles. The lowest BCUT2D eigenvalue weighted by atomic mass is 9.75. The van der Waals surface area contributed by atoms with Crippen LogP contribution in [-0.2, 0) is 0 Å². The second-order valence-electron chi connectivity index (χ2n) is 6.65. The number of thiophene rings is 1. The van der Waals surface area contributed by atoms with Gasteiger partial charge in [-0.15, -0.1) is 11.3 Å². The molecule has 0 spiro atoms. The quantitative estimate of drug-likeness (QED) is 0.873. The van der Waals surface area contributed by atoms with E-state index in [1.165, 1.54) is 25.7 Å². The zero-order chi connectivity index (χ0) is 14.9. The van der Waals surface area contributed by atoms with Crippen LogP contribution in [0.3, 0.4) is 0 Å². The molecule has 1 aliphatic carbocycles. The number of anilines is 2. The lowest BCUT2D eigenvalue weighted by Crippen LogP contribution is -2.30. The maximum Gasteiger partial charge on any atom is 0.226 e. The molecule has 0 bridgehead atoms. The topological polar surface area (TPSA) is 49.8 Å². The Balaban J connectivity index is 1.81. The first-order valence-electron chi connectivity index (χ1n) is 7.83. The highest BCUT2D eigenvalue weighted by Crippen LogP contribution is 2.37. The molecular formula is C16H24N4S. The molecule has 1 fully saturated rings. The zero-order valence-electron chi connectivity index (χ0n) is 13.1. The van der Waals surface area contributed by atoms with Gasteiger partial charge in [0.1, 0.15) is 10.6 Å². The molecule has 2 aromatic heterocycles. The van der Waals surface area contributed by atoms with Crippen molar-refractivity contribution in [2.45, 2.75) is 52.5 Å². The maximum absolute atomic E-state index is 4.67. The fourth-order valence-electron chi connectivity index (χ4n) is 2.94.